The molecule has 1 aliphatic rings. The second-order valence-electron chi connectivity index (χ2n) is 6.10. The Hall–Kier alpha value is -1.89. The van der Waals surface area contributed by atoms with E-state index >= 15 is 0 Å². The highest BCUT2D eigenvalue weighted by Gasteiger charge is 2.23. The molecule has 0 unspecified atom stereocenters. The number of hydrogen-bond donors (Lipinski definition) is 0. The number of nitrogens with zero attached hydrogens (tertiary/aromatic N) is 2. The Morgan fingerprint density at radius 1 is 0.958 bits per heavy atom. The third-order valence-corrected chi connectivity index (χ3v) is 5.28. The van der Waals surface area contributed by atoms with Crippen LogP contribution in [0.5, 0.6) is 0 Å². The van der Waals surface area contributed by atoms with E-state index < -0.39 is 9.84 Å². The Bertz CT molecular complexity index is 690. The van der Waals surface area contributed by atoms with Crippen molar-refractivity contribution in [2.75, 3.05) is 32.4 Å². The van der Waals surface area contributed by atoms with Gasteiger partial charge >= 0.3 is 0 Å². The first-order valence-electron chi connectivity index (χ1n) is 8.16. The number of rotatable bonds is 5. The molecule has 0 atom stereocenters. The second kappa shape index (κ2) is 7.79. The number of carbonyl (C=O) groups is 2. The van der Waals surface area contributed by atoms with E-state index in [1.54, 1.807) is 17.0 Å². The van der Waals surface area contributed by atoms with Gasteiger partial charge in [0.05, 0.1) is 11.3 Å². The number of hydrogen-bond acceptors (Lipinski definition) is 4. The van der Waals surface area contributed by atoms with Crippen molar-refractivity contribution in [3.63, 3.8) is 0 Å². The molecule has 0 aliphatic carbocycles. The molecule has 6 nitrogen and oxygen atoms in total. The lowest BCUT2D eigenvalue weighted by atomic mass is 10.1. The molecule has 0 radical (unpaired) electrons. The average molecular weight is 352 g/mol. The number of carbonyl (C=O) groups excluding carboxylic acids is 2. The molecule has 132 valence electrons. The molecule has 1 aromatic carbocycles. The van der Waals surface area contributed by atoms with Gasteiger partial charge in [-0.25, -0.2) is 8.42 Å². The molecule has 1 saturated heterocycles. The normalized spacial score (nSPS) is 15.4. The molecule has 1 aromatic rings. The quantitative estimate of drug-likeness (QED) is 0.795. The summed E-state index contributed by atoms with van der Waals surface area (Å²) in [7, 11) is -3.22. The second-order valence-corrected chi connectivity index (χ2v) is 8.12. The third kappa shape index (κ3) is 4.80. The lowest BCUT2D eigenvalue weighted by Gasteiger charge is -2.35. The minimum absolute atomic E-state index is 0.00435. The fourth-order valence-electron chi connectivity index (χ4n) is 2.72. The topological polar surface area (TPSA) is 74.8 Å². The van der Waals surface area contributed by atoms with Crippen LogP contribution < -0.4 is 0 Å². The summed E-state index contributed by atoms with van der Waals surface area (Å²) in [4.78, 5) is 28.0. The highest BCUT2D eigenvalue weighted by molar-refractivity contribution is 7.90. The summed E-state index contributed by atoms with van der Waals surface area (Å²) in [6.45, 7) is 4.24. The first-order valence-corrected chi connectivity index (χ1v) is 10.0. The molecule has 0 bridgehead atoms. The van der Waals surface area contributed by atoms with Gasteiger partial charge in [0.15, 0.2) is 9.84 Å². The van der Waals surface area contributed by atoms with Crippen molar-refractivity contribution in [3.05, 3.63) is 29.8 Å². The summed E-state index contributed by atoms with van der Waals surface area (Å²) in [6, 6.07) is 6.41. The molecule has 7 heteroatoms. The largest absolute Gasteiger partial charge is 0.339 e. The number of amides is 2. The van der Waals surface area contributed by atoms with Crippen LogP contribution in [-0.4, -0.2) is 62.5 Å². The average Bonchev–Trinajstić information content (AvgIpc) is 2.55. The van der Waals surface area contributed by atoms with Crippen molar-refractivity contribution < 1.29 is 18.0 Å². The maximum Gasteiger partial charge on any atom is 0.227 e. The van der Waals surface area contributed by atoms with Crippen LogP contribution in [0.1, 0.15) is 25.3 Å². The fourth-order valence-corrected chi connectivity index (χ4v) is 3.35. The minimum Gasteiger partial charge on any atom is -0.339 e. The number of piperazine rings is 1. The predicted octanol–water partition coefficient (Wildman–Crippen LogP) is 1.10. The molecular formula is C17H24N2O4S. The van der Waals surface area contributed by atoms with E-state index in [4.69, 9.17) is 0 Å². The molecule has 1 heterocycles. The minimum atomic E-state index is -3.22. The molecule has 24 heavy (non-hydrogen) atoms. The van der Waals surface area contributed by atoms with E-state index in [1.807, 2.05) is 11.8 Å². The van der Waals surface area contributed by atoms with Gasteiger partial charge in [-0.1, -0.05) is 19.1 Å². The monoisotopic (exact) mass is 352 g/mol. The van der Waals surface area contributed by atoms with Crippen LogP contribution >= 0.6 is 0 Å². The van der Waals surface area contributed by atoms with Crippen LogP contribution in [-0.2, 0) is 25.8 Å². The van der Waals surface area contributed by atoms with Gasteiger partial charge in [-0.2, -0.15) is 0 Å². The van der Waals surface area contributed by atoms with Crippen molar-refractivity contribution in [1.82, 2.24) is 9.80 Å². The molecule has 0 aromatic heterocycles. The van der Waals surface area contributed by atoms with Gasteiger partial charge in [-0.15, -0.1) is 0 Å². The summed E-state index contributed by atoms with van der Waals surface area (Å²) < 4.78 is 22.9. The Labute approximate surface area is 143 Å². The van der Waals surface area contributed by atoms with Crippen LogP contribution in [0.3, 0.4) is 0 Å². The Morgan fingerprint density at radius 3 is 1.92 bits per heavy atom. The first kappa shape index (κ1) is 18.4. The molecule has 0 spiro atoms. The molecule has 2 rings (SSSR count). The van der Waals surface area contributed by atoms with E-state index in [2.05, 4.69) is 0 Å². The predicted molar refractivity (Wildman–Crippen MR) is 91.3 cm³/mol. The third-order valence-electron chi connectivity index (χ3n) is 4.16. The van der Waals surface area contributed by atoms with Gasteiger partial charge < -0.3 is 9.80 Å². The van der Waals surface area contributed by atoms with Gasteiger partial charge in [0.2, 0.25) is 11.8 Å². The van der Waals surface area contributed by atoms with E-state index in [0.29, 0.717) is 32.6 Å². The number of benzene rings is 1. The van der Waals surface area contributed by atoms with Gasteiger partial charge in [0.1, 0.15) is 0 Å². The highest BCUT2D eigenvalue weighted by Crippen LogP contribution is 2.12. The van der Waals surface area contributed by atoms with Crippen LogP contribution in [0.25, 0.3) is 0 Å². The van der Waals surface area contributed by atoms with Gasteiger partial charge in [0, 0.05) is 38.9 Å². The van der Waals surface area contributed by atoms with E-state index in [-0.39, 0.29) is 23.1 Å². The highest BCUT2D eigenvalue weighted by atomic mass is 32.2. The summed E-state index contributed by atoms with van der Waals surface area (Å²) in [5, 5.41) is 0. The summed E-state index contributed by atoms with van der Waals surface area (Å²) in [6.07, 6.45) is 2.79. The number of sulfone groups is 1. The SMILES string of the molecule is CCCC(=O)N1CCN(C(=O)Cc2ccc(S(C)(=O)=O)cc2)CC1. The smallest absolute Gasteiger partial charge is 0.227 e. The maximum absolute atomic E-state index is 12.4. The van der Waals surface area contributed by atoms with Crippen LogP contribution in [0, 0.1) is 0 Å². The zero-order chi connectivity index (χ0) is 17.7. The van der Waals surface area contributed by atoms with E-state index in [9.17, 15) is 18.0 Å². The van der Waals surface area contributed by atoms with Crippen molar-refractivity contribution in [1.29, 1.82) is 0 Å². The molecule has 2 amide bonds. The van der Waals surface area contributed by atoms with Gasteiger partial charge in [-0.05, 0) is 24.1 Å². The standard InChI is InChI=1S/C17H24N2O4S/c1-3-4-16(20)18-9-11-19(12-10-18)17(21)13-14-5-7-15(8-6-14)24(2,22)23/h5-8H,3-4,9-13H2,1-2H3. The van der Waals surface area contributed by atoms with Crippen LogP contribution in [0.4, 0.5) is 0 Å². The molecule has 0 N–H and O–H groups in total. The Morgan fingerprint density at radius 2 is 1.46 bits per heavy atom. The first-order chi connectivity index (χ1) is 11.3. The molecule has 0 saturated carbocycles. The maximum atomic E-state index is 12.4. The van der Waals surface area contributed by atoms with Crippen LogP contribution in [0.15, 0.2) is 29.2 Å². The zero-order valence-electron chi connectivity index (χ0n) is 14.2. The van der Waals surface area contributed by atoms with Crippen LogP contribution in [0.2, 0.25) is 0 Å². The van der Waals surface area contributed by atoms with Crippen molar-refractivity contribution in [2.24, 2.45) is 0 Å². The zero-order valence-corrected chi connectivity index (χ0v) is 15.0. The van der Waals surface area contributed by atoms with Crippen molar-refractivity contribution in [3.8, 4) is 0 Å². The summed E-state index contributed by atoms with van der Waals surface area (Å²) in [5.41, 5.74) is 0.789. The molecule has 1 fully saturated rings. The Kier molecular flexibility index (Phi) is 5.99. The fraction of sp³-hybridized carbons (Fsp3) is 0.529. The van der Waals surface area contributed by atoms with Crippen molar-refractivity contribution in [2.45, 2.75) is 31.1 Å². The lowest BCUT2D eigenvalue weighted by molar-refractivity contribution is -0.139. The van der Waals surface area contributed by atoms with E-state index in [1.165, 1.54) is 12.1 Å². The van der Waals surface area contributed by atoms with Gasteiger partial charge in [-0.3, -0.25) is 9.59 Å². The molecule has 1 aliphatic heterocycles. The summed E-state index contributed by atoms with van der Waals surface area (Å²) in [5.74, 6) is 0.158. The Balaban J connectivity index is 1.89. The lowest BCUT2D eigenvalue weighted by Crippen LogP contribution is -2.50. The molecular weight excluding hydrogens is 328 g/mol. The van der Waals surface area contributed by atoms with Crippen molar-refractivity contribution >= 4 is 21.7 Å². The summed E-state index contributed by atoms with van der Waals surface area (Å²) >= 11 is 0. The van der Waals surface area contributed by atoms with E-state index in [0.717, 1.165) is 18.2 Å². The van der Waals surface area contributed by atoms with Gasteiger partial charge in [0.25, 0.3) is 0 Å².